The molecular formula is C8H16O4. The van der Waals surface area contributed by atoms with Gasteiger partial charge in [0.15, 0.2) is 0 Å². The zero-order valence-electron chi connectivity index (χ0n) is 7.70. The molecule has 0 saturated carbocycles. The monoisotopic (exact) mass is 176 g/mol. The summed E-state index contributed by atoms with van der Waals surface area (Å²) >= 11 is 0. The molecule has 0 radical (unpaired) electrons. The molecule has 0 aromatic rings. The Hall–Kier alpha value is -0.160. The van der Waals surface area contributed by atoms with E-state index in [1.54, 1.807) is 6.92 Å². The molecule has 1 saturated heterocycles. The zero-order valence-corrected chi connectivity index (χ0v) is 7.70. The minimum atomic E-state index is -2.40. The first-order valence-corrected chi connectivity index (χ1v) is 4.28. The highest BCUT2D eigenvalue weighted by Crippen LogP contribution is 2.38. The van der Waals surface area contributed by atoms with Crippen LogP contribution in [0, 0.1) is 0 Å². The van der Waals surface area contributed by atoms with Crippen LogP contribution >= 0.6 is 0 Å². The molecule has 0 aromatic heterocycles. The van der Waals surface area contributed by atoms with Gasteiger partial charge in [0.05, 0.1) is 6.10 Å². The lowest BCUT2D eigenvalue weighted by molar-refractivity contribution is -0.443. The van der Waals surface area contributed by atoms with Gasteiger partial charge in [-0.05, 0) is 19.8 Å². The fraction of sp³-hybridized carbons (Fsp3) is 1.00. The van der Waals surface area contributed by atoms with Gasteiger partial charge in [-0.25, -0.2) is 0 Å². The van der Waals surface area contributed by atoms with Crippen molar-refractivity contribution in [3.8, 4) is 0 Å². The second-order valence-corrected chi connectivity index (χ2v) is 3.18. The topological polar surface area (TPSA) is 58.9 Å². The van der Waals surface area contributed by atoms with Gasteiger partial charge in [-0.2, -0.15) is 0 Å². The Morgan fingerprint density at radius 2 is 1.75 bits per heavy atom. The second-order valence-electron chi connectivity index (χ2n) is 3.18. The highest BCUT2D eigenvalue weighted by molar-refractivity contribution is 4.89. The summed E-state index contributed by atoms with van der Waals surface area (Å²) in [6, 6.07) is 0. The minimum absolute atomic E-state index is 0.289. The van der Waals surface area contributed by atoms with Crippen LogP contribution in [0.4, 0.5) is 0 Å². The van der Waals surface area contributed by atoms with E-state index in [1.165, 1.54) is 0 Å². The molecule has 0 amide bonds. The molecule has 1 aliphatic rings. The van der Waals surface area contributed by atoms with Crippen molar-refractivity contribution in [2.75, 3.05) is 0 Å². The van der Waals surface area contributed by atoms with Gasteiger partial charge in [-0.1, -0.05) is 13.8 Å². The van der Waals surface area contributed by atoms with E-state index >= 15 is 0 Å². The van der Waals surface area contributed by atoms with Crippen molar-refractivity contribution in [1.29, 1.82) is 0 Å². The number of aliphatic hydroxyl groups is 2. The van der Waals surface area contributed by atoms with Crippen molar-refractivity contribution in [2.45, 2.75) is 51.5 Å². The van der Waals surface area contributed by atoms with Crippen LogP contribution in [0.25, 0.3) is 0 Å². The molecule has 2 N–H and O–H groups in total. The minimum Gasteiger partial charge on any atom is -0.319 e. The first-order chi connectivity index (χ1) is 5.46. The molecule has 4 heteroatoms. The number of ether oxygens (including phenoxy) is 2. The lowest BCUT2D eigenvalue weighted by Gasteiger charge is -2.27. The zero-order chi connectivity index (χ0) is 9.41. The molecule has 4 nitrogen and oxygen atoms in total. The first-order valence-electron chi connectivity index (χ1n) is 4.28. The fourth-order valence-corrected chi connectivity index (χ4v) is 1.68. The molecule has 1 heterocycles. The van der Waals surface area contributed by atoms with Gasteiger partial charge < -0.3 is 10.2 Å². The normalized spacial score (nSPS) is 32.2. The van der Waals surface area contributed by atoms with Crippen LogP contribution in [0.5, 0.6) is 0 Å². The molecule has 12 heavy (non-hydrogen) atoms. The SMILES string of the molecule is CCC1(CC)OC(O)(O)OC1C. The van der Waals surface area contributed by atoms with E-state index in [0.717, 1.165) is 0 Å². The quantitative estimate of drug-likeness (QED) is 0.604. The van der Waals surface area contributed by atoms with Crippen molar-refractivity contribution in [2.24, 2.45) is 0 Å². The van der Waals surface area contributed by atoms with E-state index < -0.39 is 11.8 Å². The van der Waals surface area contributed by atoms with Gasteiger partial charge in [-0.15, -0.1) is 0 Å². The molecule has 1 unspecified atom stereocenters. The van der Waals surface area contributed by atoms with E-state index in [4.69, 9.17) is 19.7 Å². The van der Waals surface area contributed by atoms with Crippen molar-refractivity contribution < 1.29 is 19.7 Å². The standard InChI is InChI=1S/C8H16O4/c1-4-7(5-2)6(3)11-8(9,10)12-7/h6,9-10H,4-5H2,1-3H3. The molecule has 0 bridgehead atoms. The van der Waals surface area contributed by atoms with E-state index in [-0.39, 0.29) is 6.10 Å². The summed E-state index contributed by atoms with van der Waals surface area (Å²) in [5, 5.41) is 18.1. The third kappa shape index (κ3) is 1.47. The maximum atomic E-state index is 9.07. The number of hydrogen-bond acceptors (Lipinski definition) is 4. The molecular weight excluding hydrogens is 160 g/mol. The van der Waals surface area contributed by atoms with Crippen LogP contribution in [-0.4, -0.2) is 28.1 Å². The second kappa shape index (κ2) is 2.96. The molecule has 0 aliphatic carbocycles. The predicted octanol–water partition coefficient (Wildman–Crippen LogP) is 0.576. The Balaban J connectivity index is 2.79. The molecule has 0 spiro atoms. The average molecular weight is 176 g/mol. The Bertz CT molecular complexity index is 162. The molecule has 0 aromatic carbocycles. The maximum Gasteiger partial charge on any atom is 0.408 e. The fourth-order valence-electron chi connectivity index (χ4n) is 1.68. The molecule has 72 valence electrons. The number of rotatable bonds is 2. The van der Waals surface area contributed by atoms with Gasteiger partial charge >= 0.3 is 6.16 Å². The summed E-state index contributed by atoms with van der Waals surface area (Å²) in [6.07, 6.45) is -1.28. The van der Waals surface area contributed by atoms with Gasteiger partial charge in [0.2, 0.25) is 0 Å². The summed E-state index contributed by atoms with van der Waals surface area (Å²) in [6.45, 7) is 5.65. The smallest absolute Gasteiger partial charge is 0.319 e. The largest absolute Gasteiger partial charge is 0.408 e. The van der Waals surface area contributed by atoms with Crippen LogP contribution in [0.1, 0.15) is 33.6 Å². The molecule has 1 rings (SSSR count). The van der Waals surface area contributed by atoms with E-state index in [0.29, 0.717) is 12.8 Å². The predicted molar refractivity (Wildman–Crippen MR) is 42.1 cm³/mol. The lowest BCUT2D eigenvalue weighted by atomic mass is 9.92. The summed E-state index contributed by atoms with van der Waals surface area (Å²) in [7, 11) is 0. The molecule has 1 aliphatic heterocycles. The third-order valence-electron chi connectivity index (χ3n) is 2.60. The van der Waals surface area contributed by atoms with Crippen LogP contribution in [0.15, 0.2) is 0 Å². The Morgan fingerprint density at radius 3 is 1.92 bits per heavy atom. The Morgan fingerprint density at radius 1 is 1.25 bits per heavy atom. The van der Waals surface area contributed by atoms with Crippen molar-refractivity contribution in [1.82, 2.24) is 0 Å². The average Bonchev–Trinajstić information content (AvgIpc) is 2.21. The number of hydrogen-bond donors (Lipinski definition) is 2. The van der Waals surface area contributed by atoms with Crippen LogP contribution in [0.2, 0.25) is 0 Å². The summed E-state index contributed by atoms with van der Waals surface area (Å²) in [5.41, 5.74) is -0.552. The third-order valence-corrected chi connectivity index (χ3v) is 2.60. The van der Waals surface area contributed by atoms with Crippen molar-refractivity contribution in [3.63, 3.8) is 0 Å². The summed E-state index contributed by atoms with van der Waals surface area (Å²) < 4.78 is 9.87. The van der Waals surface area contributed by atoms with Gasteiger partial charge in [0, 0.05) is 0 Å². The Labute approximate surface area is 72.1 Å². The van der Waals surface area contributed by atoms with Crippen molar-refractivity contribution in [3.05, 3.63) is 0 Å². The van der Waals surface area contributed by atoms with Crippen LogP contribution in [0.3, 0.4) is 0 Å². The van der Waals surface area contributed by atoms with E-state index in [1.807, 2.05) is 13.8 Å². The highest BCUT2D eigenvalue weighted by atomic mass is 17.0. The summed E-state index contributed by atoms with van der Waals surface area (Å²) in [5.74, 6) is 0. The van der Waals surface area contributed by atoms with Gasteiger partial charge in [0.25, 0.3) is 0 Å². The summed E-state index contributed by atoms with van der Waals surface area (Å²) in [4.78, 5) is 0. The molecule has 1 fully saturated rings. The van der Waals surface area contributed by atoms with E-state index in [2.05, 4.69) is 0 Å². The maximum absolute atomic E-state index is 9.07. The molecule has 1 atom stereocenters. The lowest BCUT2D eigenvalue weighted by Crippen LogP contribution is -2.38. The first kappa shape index (κ1) is 9.92. The van der Waals surface area contributed by atoms with E-state index in [9.17, 15) is 0 Å². The Kier molecular flexibility index (Phi) is 2.45. The van der Waals surface area contributed by atoms with Crippen LogP contribution < -0.4 is 0 Å². The van der Waals surface area contributed by atoms with Crippen LogP contribution in [-0.2, 0) is 9.47 Å². The van der Waals surface area contributed by atoms with Gasteiger partial charge in [0.1, 0.15) is 5.60 Å². The highest BCUT2D eigenvalue weighted by Gasteiger charge is 2.52. The van der Waals surface area contributed by atoms with Gasteiger partial charge in [-0.3, -0.25) is 9.47 Å². The van der Waals surface area contributed by atoms with Crippen molar-refractivity contribution >= 4 is 0 Å².